The van der Waals surface area contributed by atoms with Gasteiger partial charge in [-0.2, -0.15) is 0 Å². The van der Waals surface area contributed by atoms with Crippen molar-refractivity contribution in [2.75, 3.05) is 0 Å². The summed E-state index contributed by atoms with van der Waals surface area (Å²) < 4.78 is 18.8. The molecule has 0 saturated heterocycles. The van der Waals surface area contributed by atoms with E-state index in [1.54, 1.807) is 0 Å². The Morgan fingerprint density at radius 1 is 0.202 bits per heavy atom. The molecule has 10 heteroatoms. The zero-order valence-corrected chi connectivity index (χ0v) is 67.3. The molecule has 0 saturated carbocycles. The highest BCUT2D eigenvalue weighted by Gasteiger charge is 2.44. The predicted octanol–water partition coefficient (Wildman–Crippen LogP) is 28.1. The number of benzene rings is 16. The van der Waals surface area contributed by atoms with Gasteiger partial charge >= 0.3 is 0 Å². The highest BCUT2D eigenvalue weighted by molar-refractivity contribution is 5.95. The molecule has 2 aliphatic carbocycles. The molecule has 0 fully saturated rings. The minimum atomic E-state index is -0.244. The number of hydrogen-bond donors (Lipinski definition) is 0. The number of fused-ring (bicyclic) bond motifs is 14. The summed E-state index contributed by atoms with van der Waals surface area (Å²) in [6.45, 7) is 0. The van der Waals surface area contributed by atoms with E-state index in [1.165, 1.54) is 55.3 Å². The number of hydrogen-bond acceptors (Lipinski definition) is 8. The highest BCUT2D eigenvalue weighted by Crippen LogP contribution is 2.58. The molecular formula is C114H76N8O2. The van der Waals surface area contributed by atoms with E-state index in [1.807, 2.05) is 48.5 Å². The van der Waals surface area contributed by atoms with Crippen molar-refractivity contribution in [1.29, 1.82) is 0 Å². The molecule has 0 bridgehead atoms. The third-order valence-electron chi connectivity index (χ3n) is 24.5. The van der Waals surface area contributed by atoms with Crippen molar-refractivity contribution < 1.29 is 9.47 Å². The summed E-state index contributed by atoms with van der Waals surface area (Å²) >= 11 is 0. The molecule has 4 aromatic heterocycles. The quantitative estimate of drug-likeness (QED) is 0.106. The lowest BCUT2D eigenvalue weighted by molar-refractivity contribution is 0.224. The zero-order chi connectivity index (χ0) is 82.0. The third-order valence-corrected chi connectivity index (χ3v) is 24.5. The smallest absolute Gasteiger partial charge is 0.164 e. The molecule has 10 nitrogen and oxygen atoms in total. The molecule has 4 unspecified atom stereocenters. The van der Waals surface area contributed by atoms with Gasteiger partial charge in [0.2, 0.25) is 0 Å². The van der Waals surface area contributed by atoms with E-state index in [9.17, 15) is 0 Å². The van der Waals surface area contributed by atoms with E-state index in [4.69, 9.17) is 39.4 Å². The van der Waals surface area contributed by atoms with Crippen LogP contribution in [0.25, 0.3) is 180 Å². The van der Waals surface area contributed by atoms with Crippen molar-refractivity contribution in [2.24, 2.45) is 0 Å². The fourth-order valence-electron chi connectivity index (χ4n) is 18.6. The van der Waals surface area contributed by atoms with Crippen molar-refractivity contribution in [1.82, 2.24) is 39.0 Å². The van der Waals surface area contributed by atoms with Gasteiger partial charge in [-0.05, 0) is 146 Å². The average molecular weight is 1590 g/mol. The lowest BCUT2D eigenvalue weighted by Crippen LogP contribution is -2.14. The SMILES string of the molecule is C1=CC2c3c(cccc3-c3nc(-c4ccc(-c5ccccc5)cc4)nc(-c4cccc(-c5ccccc5)c4)n3)OC2c2c1n(-c1ccc(-c3cccc(-c4ccccc4)c3)cc1)c1ccccc21.C1=CC2c3c(cccc3-c3nc(-c4ccccc4)nc(-c4cccc(-c5ccccc5)c4)n3)OC2c2c1n(-c1ccc(-c3ccccc3)cc1)c1ccccc21. The average Bonchev–Trinajstić information content (AvgIpc) is 1.56. The molecule has 0 N–H and O–H groups in total. The van der Waals surface area contributed by atoms with Crippen molar-refractivity contribution in [3.05, 3.63) is 458 Å². The van der Waals surface area contributed by atoms with Crippen LogP contribution in [0.1, 0.15) is 57.7 Å². The van der Waals surface area contributed by atoms with E-state index in [-0.39, 0.29) is 24.0 Å². The van der Waals surface area contributed by atoms with Crippen LogP contribution < -0.4 is 9.47 Å². The fourth-order valence-corrected chi connectivity index (χ4v) is 18.6. The summed E-state index contributed by atoms with van der Waals surface area (Å²) in [5.74, 6) is 5.32. The van der Waals surface area contributed by atoms with E-state index < -0.39 is 0 Å². The summed E-state index contributed by atoms with van der Waals surface area (Å²) in [4.78, 5) is 31.2. The van der Waals surface area contributed by atoms with Crippen LogP contribution in [0.5, 0.6) is 11.5 Å². The van der Waals surface area contributed by atoms with Crippen molar-refractivity contribution in [2.45, 2.75) is 24.0 Å². The first kappa shape index (κ1) is 72.9. The number of para-hydroxylation sites is 2. The second-order valence-corrected chi connectivity index (χ2v) is 31.8. The topological polar surface area (TPSA) is 106 Å². The third kappa shape index (κ3) is 13.3. The van der Waals surface area contributed by atoms with E-state index in [0.717, 1.165) is 123 Å². The Morgan fingerprint density at radius 2 is 0.460 bits per heavy atom. The van der Waals surface area contributed by atoms with E-state index in [0.29, 0.717) is 34.9 Å². The molecule has 0 spiro atoms. The molecule has 6 heterocycles. The summed E-state index contributed by atoms with van der Waals surface area (Å²) in [6, 6.07) is 144. The lowest BCUT2D eigenvalue weighted by atomic mass is 9.83. The molecular weight excluding hydrogens is 1510 g/mol. The molecule has 124 heavy (non-hydrogen) atoms. The molecule has 4 aliphatic rings. The summed E-state index contributed by atoms with van der Waals surface area (Å²) in [5, 5.41) is 2.37. The molecule has 24 rings (SSSR count). The number of nitrogens with zero attached hydrogens (tertiary/aromatic N) is 8. The van der Waals surface area contributed by atoms with Gasteiger partial charge in [0.1, 0.15) is 23.7 Å². The number of rotatable bonds is 14. The molecule has 0 radical (unpaired) electrons. The first-order valence-electron chi connectivity index (χ1n) is 42.2. The van der Waals surface area contributed by atoms with Crippen LogP contribution in [0.2, 0.25) is 0 Å². The van der Waals surface area contributed by atoms with Gasteiger partial charge in [0.15, 0.2) is 34.9 Å². The lowest BCUT2D eigenvalue weighted by Gasteiger charge is -2.23. The van der Waals surface area contributed by atoms with Gasteiger partial charge in [-0.15, -0.1) is 0 Å². The van der Waals surface area contributed by atoms with Crippen LogP contribution in [0, 0.1) is 0 Å². The Hall–Kier alpha value is -16.3. The maximum Gasteiger partial charge on any atom is 0.164 e. The molecule has 16 aromatic carbocycles. The maximum absolute atomic E-state index is 7.10. The van der Waals surface area contributed by atoms with Crippen LogP contribution in [0.3, 0.4) is 0 Å². The second kappa shape index (κ2) is 31.1. The van der Waals surface area contributed by atoms with Gasteiger partial charge in [-0.25, -0.2) is 29.9 Å². The van der Waals surface area contributed by atoms with Crippen molar-refractivity contribution in [3.8, 4) is 158 Å². The molecule has 2 aliphatic heterocycles. The minimum absolute atomic E-state index is 0.0322. The first-order valence-corrected chi connectivity index (χ1v) is 42.2. The van der Waals surface area contributed by atoms with Crippen molar-refractivity contribution >= 4 is 34.0 Å². The Bertz CT molecular complexity index is 7520. The van der Waals surface area contributed by atoms with Crippen LogP contribution in [-0.2, 0) is 0 Å². The predicted molar refractivity (Wildman–Crippen MR) is 502 cm³/mol. The highest BCUT2D eigenvalue weighted by atomic mass is 16.5. The van der Waals surface area contributed by atoms with Gasteiger partial charge in [0.25, 0.3) is 0 Å². The Balaban J connectivity index is 0.000000146. The van der Waals surface area contributed by atoms with Gasteiger partial charge in [0.05, 0.1) is 22.4 Å². The summed E-state index contributed by atoms with van der Waals surface area (Å²) in [5.41, 5.74) is 30.9. The van der Waals surface area contributed by atoms with E-state index in [2.05, 4.69) is 397 Å². The summed E-state index contributed by atoms with van der Waals surface area (Å²) in [6.07, 6.45) is 8.73. The van der Waals surface area contributed by atoms with E-state index >= 15 is 0 Å². The monoisotopic (exact) mass is 1590 g/mol. The normalized spacial score (nSPS) is 14.8. The molecule has 4 atom stereocenters. The van der Waals surface area contributed by atoms with Crippen LogP contribution in [0.15, 0.2) is 425 Å². The zero-order valence-electron chi connectivity index (χ0n) is 67.3. The van der Waals surface area contributed by atoms with Crippen LogP contribution in [0.4, 0.5) is 0 Å². The van der Waals surface area contributed by atoms with Gasteiger partial charge in [0, 0.05) is 89.6 Å². The molecule has 584 valence electrons. The van der Waals surface area contributed by atoms with Gasteiger partial charge in [-0.3, -0.25) is 0 Å². The fraction of sp³-hybridized carbons (Fsp3) is 0.0351. The number of aromatic nitrogens is 8. The van der Waals surface area contributed by atoms with Gasteiger partial charge in [-0.1, -0.05) is 358 Å². The maximum atomic E-state index is 7.10. The largest absolute Gasteiger partial charge is 0.484 e. The second-order valence-electron chi connectivity index (χ2n) is 31.8. The number of ether oxygens (including phenoxy) is 2. The Labute approximate surface area is 718 Å². The first-order chi connectivity index (χ1) is 61.5. The van der Waals surface area contributed by atoms with Crippen molar-refractivity contribution in [3.63, 3.8) is 0 Å². The standard InChI is InChI=1S/C63H42N4O.C51H34N4O/c1-4-15-41(16-5-1)44-29-31-46(32-30-44)61-64-62(50-24-13-23-49(40-50)43-19-8-3-9-20-43)66-63(65-61)54-26-14-28-57-58(54)53-37-38-56-59(60(53)68-57)52-25-10-11-27-55(52)67(56)51-35-33-45(34-36-51)48-22-12-21-47(39-48)42-17-6-2-7-18-42;1-4-14-33(15-5-1)35-26-28-39(29-27-35)55-43-24-11-10-22-40(43)47-44(55)31-30-41-46-42(23-13-25-45(46)56-48(41)47)51-53-49(36-18-8-3-9-19-36)52-50(54-51)38-21-12-20-37(32-38)34-16-6-2-7-17-34/h1-40,53,60H;1-32,41,48H. The molecule has 0 amide bonds. The van der Waals surface area contributed by atoms with Gasteiger partial charge < -0.3 is 18.6 Å². The van der Waals surface area contributed by atoms with Crippen LogP contribution >= 0.6 is 0 Å². The summed E-state index contributed by atoms with van der Waals surface area (Å²) in [7, 11) is 0. The molecule has 20 aromatic rings. The Morgan fingerprint density at radius 3 is 0.839 bits per heavy atom. The minimum Gasteiger partial charge on any atom is -0.484 e. The van der Waals surface area contributed by atoms with Crippen LogP contribution in [-0.4, -0.2) is 39.0 Å². The Kier molecular flexibility index (Phi) is 18.3.